The van der Waals surface area contributed by atoms with Crippen molar-refractivity contribution in [3.63, 3.8) is 0 Å². The van der Waals surface area contributed by atoms with Gasteiger partial charge in [0.25, 0.3) is 17.7 Å². The van der Waals surface area contributed by atoms with Gasteiger partial charge >= 0.3 is 6.03 Å². The molecule has 0 aromatic heterocycles. The van der Waals surface area contributed by atoms with E-state index in [9.17, 15) is 19.2 Å². The van der Waals surface area contributed by atoms with Gasteiger partial charge in [-0.05, 0) is 54.6 Å². The fourth-order valence-electron chi connectivity index (χ4n) is 3.51. The van der Waals surface area contributed by atoms with E-state index in [2.05, 4.69) is 26.6 Å². The summed E-state index contributed by atoms with van der Waals surface area (Å²) in [5.41, 5.74) is 0.570. The predicted molar refractivity (Wildman–Crippen MR) is 147 cm³/mol. The van der Waals surface area contributed by atoms with Crippen molar-refractivity contribution < 1.29 is 28.7 Å². The Hall–Kier alpha value is -3.86. The van der Waals surface area contributed by atoms with Crippen LogP contribution in [0.15, 0.2) is 70.7 Å². The van der Waals surface area contributed by atoms with Crippen LogP contribution in [-0.4, -0.2) is 37.5 Å². The number of benzene rings is 3. The molecule has 1 saturated heterocycles. The summed E-state index contributed by atoms with van der Waals surface area (Å²) in [6.07, 6.45) is 1.27. The van der Waals surface area contributed by atoms with Crippen LogP contribution >= 0.6 is 39.1 Å². The molecule has 1 heterocycles. The summed E-state index contributed by atoms with van der Waals surface area (Å²) in [6, 6.07) is 15.0. The lowest BCUT2D eigenvalue weighted by molar-refractivity contribution is -0.122. The summed E-state index contributed by atoms with van der Waals surface area (Å²) in [5, 5.41) is 5.20. The van der Waals surface area contributed by atoms with Crippen LogP contribution in [0.3, 0.4) is 0 Å². The fraction of sp³-hybridized carbons (Fsp3) is 0.0769. The third-order valence-electron chi connectivity index (χ3n) is 5.27. The number of urea groups is 1. The molecule has 0 bridgehead atoms. The van der Waals surface area contributed by atoms with E-state index in [4.69, 9.17) is 32.7 Å². The van der Waals surface area contributed by atoms with Crippen molar-refractivity contribution >= 4 is 80.3 Å². The fourth-order valence-corrected chi connectivity index (χ4v) is 4.18. The van der Waals surface area contributed by atoms with Gasteiger partial charge < -0.3 is 14.8 Å². The first-order valence-electron chi connectivity index (χ1n) is 10.9. The molecule has 38 heavy (non-hydrogen) atoms. The summed E-state index contributed by atoms with van der Waals surface area (Å²) in [4.78, 5) is 51.6. The van der Waals surface area contributed by atoms with Crippen molar-refractivity contribution in [2.24, 2.45) is 0 Å². The van der Waals surface area contributed by atoms with Gasteiger partial charge in [-0.2, -0.15) is 0 Å². The van der Waals surface area contributed by atoms with Crippen molar-refractivity contribution in [3.05, 3.63) is 86.3 Å². The topological polar surface area (TPSA) is 114 Å². The molecule has 0 saturated carbocycles. The average molecular weight is 619 g/mol. The Morgan fingerprint density at radius 3 is 2.53 bits per heavy atom. The molecule has 0 spiro atoms. The summed E-state index contributed by atoms with van der Waals surface area (Å²) in [6.45, 7) is -0.371. The van der Waals surface area contributed by atoms with Gasteiger partial charge in [0, 0.05) is 10.0 Å². The normalized spacial score (nSPS) is 14.4. The molecule has 12 heteroatoms. The number of carbonyl (C=O) groups excluding carboxylic acids is 4. The van der Waals surface area contributed by atoms with Crippen molar-refractivity contribution in [2.45, 2.75) is 0 Å². The van der Waals surface area contributed by atoms with Crippen LogP contribution in [0.4, 0.5) is 16.2 Å². The molecule has 0 radical (unpaired) electrons. The molecule has 9 nitrogen and oxygen atoms in total. The molecule has 5 amide bonds. The van der Waals surface area contributed by atoms with Crippen molar-refractivity contribution in [2.75, 3.05) is 23.9 Å². The quantitative estimate of drug-likeness (QED) is 0.269. The number of anilines is 2. The largest absolute Gasteiger partial charge is 0.495 e. The summed E-state index contributed by atoms with van der Waals surface area (Å²) in [7, 11) is 1.49. The number of ether oxygens (including phenoxy) is 2. The molecule has 4 rings (SSSR count). The molecular weight excluding hydrogens is 601 g/mol. The highest BCUT2D eigenvalue weighted by Gasteiger charge is 2.37. The van der Waals surface area contributed by atoms with E-state index in [1.54, 1.807) is 42.5 Å². The number of barbiturate groups is 1. The third kappa shape index (κ3) is 5.99. The van der Waals surface area contributed by atoms with Crippen LogP contribution in [0.5, 0.6) is 11.5 Å². The molecule has 0 unspecified atom stereocenters. The molecule has 3 aromatic rings. The minimum Gasteiger partial charge on any atom is -0.495 e. The molecule has 1 fully saturated rings. The Balaban J connectivity index is 1.59. The Kier molecular flexibility index (Phi) is 8.35. The first-order chi connectivity index (χ1) is 18.2. The molecule has 1 aliphatic rings. The highest BCUT2D eigenvalue weighted by atomic mass is 79.9. The van der Waals surface area contributed by atoms with Gasteiger partial charge in [-0.1, -0.05) is 51.3 Å². The van der Waals surface area contributed by atoms with Crippen LogP contribution in [0.2, 0.25) is 10.0 Å². The van der Waals surface area contributed by atoms with Crippen molar-refractivity contribution in [1.29, 1.82) is 0 Å². The highest BCUT2D eigenvalue weighted by Crippen LogP contribution is 2.31. The highest BCUT2D eigenvalue weighted by molar-refractivity contribution is 9.10. The van der Waals surface area contributed by atoms with E-state index in [1.165, 1.54) is 31.4 Å². The molecular formula is C26H18BrCl2N3O6. The van der Waals surface area contributed by atoms with E-state index < -0.39 is 23.8 Å². The van der Waals surface area contributed by atoms with E-state index in [-0.39, 0.29) is 33.7 Å². The van der Waals surface area contributed by atoms with Crippen LogP contribution in [0, 0.1) is 0 Å². The number of nitrogens with zero attached hydrogens (tertiary/aromatic N) is 1. The van der Waals surface area contributed by atoms with Gasteiger partial charge in [-0.3, -0.25) is 19.7 Å². The van der Waals surface area contributed by atoms with E-state index in [0.717, 1.165) is 4.90 Å². The number of para-hydroxylation sites is 2. The Morgan fingerprint density at radius 1 is 1.03 bits per heavy atom. The average Bonchev–Trinajstić information content (AvgIpc) is 2.88. The third-order valence-corrected chi connectivity index (χ3v) is 6.51. The monoisotopic (exact) mass is 617 g/mol. The molecule has 0 aliphatic carbocycles. The zero-order valence-corrected chi connectivity index (χ0v) is 22.7. The second kappa shape index (κ2) is 11.7. The number of hydrogen-bond acceptors (Lipinski definition) is 6. The zero-order valence-electron chi connectivity index (χ0n) is 19.6. The number of nitrogens with one attached hydrogen (secondary N) is 2. The van der Waals surface area contributed by atoms with Gasteiger partial charge in [0.15, 0.2) is 6.61 Å². The minimum absolute atomic E-state index is 0.124. The smallest absolute Gasteiger partial charge is 0.335 e. The number of hydrogen-bond donors (Lipinski definition) is 2. The Morgan fingerprint density at radius 2 is 1.79 bits per heavy atom. The summed E-state index contributed by atoms with van der Waals surface area (Å²) < 4.78 is 11.5. The summed E-state index contributed by atoms with van der Waals surface area (Å²) in [5.74, 6) is -1.53. The SMILES string of the molecule is COc1ccccc1NC(=O)COc1ccc(Br)cc1/C=C1/C(=O)NC(=O)N(c2ccc(Cl)c(Cl)c2)C1=O. The first kappa shape index (κ1) is 27.2. The van der Waals surface area contributed by atoms with Crippen LogP contribution in [0.1, 0.15) is 5.56 Å². The molecule has 3 aromatic carbocycles. The second-order valence-electron chi connectivity index (χ2n) is 7.78. The number of halogens is 3. The lowest BCUT2D eigenvalue weighted by Gasteiger charge is -2.26. The zero-order chi connectivity index (χ0) is 27.4. The summed E-state index contributed by atoms with van der Waals surface area (Å²) >= 11 is 15.3. The van der Waals surface area contributed by atoms with Crippen LogP contribution < -0.4 is 25.0 Å². The predicted octanol–water partition coefficient (Wildman–Crippen LogP) is 5.45. The Bertz CT molecular complexity index is 1490. The minimum atomic E-state index is -0.936. The number of methoxy groups -OCH3 is 1. The maximum absolute atomic E-state index is 13.2. The molecule has 0 atom stereocenters. The number of imide groups is 2. The molecule has 194 valence electrons. The lowest BCUT2D eigenvalue weighted by atomic mass is 10.1. The Labute approximate surface area is 235 Å². The number of amides is 5. The van der Waals surface area contributed by atoms with E-state index in [0.29, 0.717) is 21.5 Å². The number of rotatable bonds is 7. The van der Waals surface area contributed by atoms with E-state index >= 15 is 0 Å². The van der Waals surface area contributed by atoms with Gasteiger partial charge in [0.2, 0.25) is 0 Å². The van der Waals surface area contributed by atoms with Crippen molar-refractivity contribution in [3.8, 4) is 11.5 Å². The standard InChI is InChI=1S/C26H18BrCl2N3O6/c1-37-22-5-3-2-4-20(22)30-23(33)13-38-21-9-6-15(27)10-14(21)11-17-24(34)31-26(36)32(25(17)35)16-7-8-18(28)19(29)12-16/h2-12H,13H2,1H3,(H,30,33)(H,31,34,36)/b17-11-. The molecule has 2 N–H and O–H groups in total. The lowest BCUT2D eigenvalue weighted by Crippen LogP contribution is -2.54. The van der Waals surface area contributed by atoms with Crippen LogP contribution in [0.25, 0.3) is 6.08 Å². The maximum Gasteiger partial charge on any atom is 0.335 e. The maximum atomic E-state index is 13.2. The van der Waals surface area contributed by atoms with Gasteiger partial charge in [0.05, 0.1) is 28.5 Å². The number of carbonyl (C=O) groups is 4. The van der Waals surface area contributed by atoms with Gasteiger partial charge in [-0.15, -0.1) is 0 Å². The van der Waals surface area contributed by atoms with Gasteiger partial charge in [0.1, 0.15) is 17.1 Å². The van der Waals surface area contributed by atoms with Crippen LogP contribution in [-0.2, 0) is 14.4 Å². The first-order valence-corrected chi connectivity index (χ1v) is 12.4. The molecule has 1 aliphatic heterocycles. The van der Waals surface area contributed by atoms with Gasteiger partial charge in [-0.25, -0.2) is 9.69 Å². The van der Waals surface area contributed by atoms with Crippen molar-refractivity contribution in [1.82, 2.24) is 5.32 Å². The second-order valence-corrected chi connectivity index (χ2v) is 9.51. The van der Waals surface area contributed by atoms with E-state index in [1.807, 2.05) is 0 Å².